The van der Waals surface area contributed by atoms with Gasteiger partial charge in [0.25, 0.3) is 0 Å². The minimum absolute atomic E-state index is 0.105. The number of carbonyl (C=O) groups excluding carboxylic acids is 4. The lowest BCUT2D eigenvalue weighted by Gasteiger charge is -2.21. The highest BCUT2D eigenvalue weighted by Gasteiger charge is 2.30. The van der Waals surface area contributed by atoms with Crippen molar-refractivity contribution in [2.24, 2.45) is 11.8 Å². The highest BCUT2D eigenvalue weighted by atomic mass is 31.2. The van der Waals surface area contributed by atoms with E-state index in [1.54, 1.807) is 0 Å². The molecular weight excluding hydrogens is 1280 g/mol. The van der Waals surface area contributed by atoms with Crippen LogP contribution in [-0.2, 0) is 65.4 Å². The van der Waals surface area contributed by atoms with E-state index >= 15 is 0 Å². The van der Waals surface area contributed by atoms with Crippen molar-refractivity contribution in [3.05, 3.63) is 0 Å². The lowest BCUT2D eigenvalue weighted by molar-refractivity contribution is -0.161. The maximum Gasteiger partial charge on any atom is 0.472 e. The third kappa shape index (κ3) is 71.1. The van der Waals surface area contributed by atoms with Crippen LogP contribution in [0.5, 0.6) is 0 Å². The Morgan fingerprint density at radius 1 is 0.296 bits per heavy atom. The van der Waals surface area contributed by atoms with E-state index in [-0.39, 0.29) is 25.7 Å². The fourth-order valence-corrected chi connectivity index (χ4v) is 13.7. The molecule has 0 radical (unpaired) electrons. The van der Waals surface area contributed by atoms with E-state index in [9.17, 15) is 43.2 Å². The quantitative estimate of drug-likeness (QED) is 0.0222. The molecule has 0 aliphatic heterocycles. The Balaban J connectivity index is 5.23. The summed E-state index contributed by atoms with van der Waals surface area (Å²) in [5.41, 5.74) is 0. The maximum atomic E-state index is 13.1. The molecule has 0 aromatic heterocycles. The average Bonchev–Trinajstić information content (AvgIpc) is 1.00. The van der Waals surface area contributed by atoms with E-state index in [4.69, 9.17) is 37.0 Å². The third-order valence-electron chi connectivity index (χ3n) is 18.8. The summed E-state index contributed by atoms with van der Waals surface area (Å²) < 4.78 is 68.6. The summed E-state index contributed by atoms with van der Waals surface area (Å²) in [7, 11) is -9.92. The molecule has 0 saturated heterocycles. The Kier molecular flexibility index (Phi) is 69.3. The summed E-state index contributed by atoms with van der Waals surface area (Å²) in [5, 5.41) is 10.6. The number of rotatable bonds is 78. The zero-order chi connectivity index (χ0) is 72.1. The van der Waals surface area contributed by atoms with E-state index in [1.807, 2.05) is 0 Å². The molecule has 582 valence electrons. The highest BCUT2D eigenvalue weighted by Crippen LogP contribution is 2.45. The lowest BCUT2D eigenvalue weighted by atomic mass is 10.00. The third-order valence-corrected chi connectivity index (χ3v) is 20.7. The van der Waals surface area contributed by atoms with E-state index in [2.05, 4.69) is 41.5 Å². The number of hydrogen-bond acceptors (Lipinski definition) is 15. The number of hydrogen-bond donors (Lipinski definition) is 3. The molecule has 19 heteroatoms. The van der Waals surface area contributed by atoms with E-state index < -0.39 is 97.5 Å². The van der Waals surface area contributed by atoms with Gasteiger partial charge in [0, 0.05) is 25.7 Å². The van der Waals surface area contributed by atoms with Gasteiger partial charge < -0.3 is 33.8 Å². The topological polar surface area (TPSA) is 237 Å². The maximum absolute atomic E-state index is 13.1. The average molecular weight is 1440 g/mol. The Morgan fingerprint density at radius 3 is 0.776 bits per heavy atom. The Morgan fingerprint density at radius 2 is 0.520 bits per heavy atom. The summed E-state index contributed by atoms with van der Waals surface area (Å²) >= 11 is 0. The molecule has 0 aliphatic carbocycles. The summed E-state index contributed by atoms with van der Waals surface area (Å²) in [6.45, 7) is 9.57. The van der Waals surface area contributed by atoms with Crippen LogP contribution in [-0.4, -0.2) is 96.7 Å². The van der Waals surface area contributed by atoms with Gasteiger partial charge in [-0.05, 0) is 37.5 Å². The molecular formula is C79H154O17P2. The predicted molar refractivity (Wildman–Crippen MR) is 400 cm³/mol. The number of phosphoric ester groups is 2. The minimum Gasteiger partial charge on any atom is -0.462 e. The van der Waals surface area contributed by atoms with Gasteiger partial charge in [0.05, 0.1) is 26.4 Å². The molecule has 98 heavy (non-hydrogen) atoms. The van der Waals surface area contributed by atoms with Gasteiger partial charge in [0.2, 0.25) is 0 Å². The molecule has 0 saturated carbocycles. The molecule has 0 amide bonds. The van der Waals surface area contributed by atoms with E-state index in [1.165, 1.54) is 225 Å². The number of carbonyl (C=O) groups is 4. The Hall–Kier alpha value is -1.94. The van der Waals surface area contributed by atoms with Crippen LogP contribution < -0.4 is 0 Å². The second-order valence-electron chi connectivity index (χ2n) is 29.2. The highest BCUT2D eigenvalue weighted by molar-refractivity contribution is 7.47. The van der Waals surface area contributed by atoms with Crippen molar-refractivity contribution in [2.75, 3.05) is 39.6 Å². The zero-order valence-electron chi connectivity index (χ0n) is 64.1. The van der Waals surface area contributed by atoms with Crippen LogP contribution in [0.4, 0.5) is 0 Å². The van der Waals surface area contributed by atoms with Crippen molar-refractivity contribution < 1.29 is 80.2 Å². The van der Waals surface area contributed by atoms with Gasteiger partial charge >= 0.3 is 39.5 Å². The lowest BCUT2D eigenvalue weighted by Crippen LogP contribution is -2.30. The standard InChI is InChI=1S/C79H154O17P2/c1-7-10-12-14-16-18-20-22-24-25-26-27-28-30-32-34-39-43-51-57-63-78(83)95-74(67-89-76(81)61-55-49-42-38-33-31-29-23-21-19-17-15-13-11-8-2)69-93-97(85,86)91-65-73(80)66-92-98(87,88)94-70-75(68-90-77(82)62-56-50-46-45-48-54-60-72(6)9-3)96-79(84)64-58-52-44-40-36-35-37-41-47-53-59-71(4)5/h71-75,80H,7-70H2,1-6H3,(H,85,86)(H,87,88)/t72?,73-,74-,75-/m1/s1. The Labute approximate surface area is 600 Å². The van der Waals surface area contributed by atoms with Gasteiger partial charge in [0.15, 0.2) is 12.2 Å². The van der Waals surface area contributed by atoms with Crippen LogP contribution in [0.15, 0.2) is 0 Å². The SMILES string of the molecule is CCCCCCCCCCCCCCCCCCCCCCC(=O)O[C@H](COC(=O)CCCCCCCCCCCCCCCCC)COP(=O)(O)OC[C@@H](O)COP(=O)(O)OC[C@@H](COC(=O)CCCCCCCCC(C)CC)OC(=O)CCCCCCCCCCCCC(C)C. The molecule has 0 heterocycles. The number of ether oxygens (including phenoxy) is 4. The van der Waals surface area contributed by atoms with Crippen molar-refractivity contribution in [3.8, 4) is 0 Å². The summed E-state index contributed by atoms with van der Waals surface area (Å²) in [6.07, 6.45) is 59.7. The molecule has 3 N–H and O–H groups in total. The predicted octanol–water partition coefficient (Wildman–Crippen LogP) is 23.5. The minimum atomic E-state index is -4.96. The van der Waals surface area contributed by atoms with Crippen molar-refractivity contribution in [3.63, 3.8) is 0 Å². The fourth-order valence-electron chi connectivity index (χ4n) is 12.2. The largest absolute Gasteiger partial charge is 0.472 e. The van der Waals surface area contributed by atoms with Crippen LogP contribution >= 0.6 is 15.6 Å². The zero-order valence-corrected chi connectivity index (χ0v) is 65.9. The van der Waals surface area contributed by atoms with E-state index in [0.29, 0.717) is 25.7 Å². The second kappa shape index (κ2) is 70.7. The van der Waals surface area contributed by atoms with Crippen molar-refractivity contribution >= 4 is 39.5 Å². The van der Waals surface area contributed by atoms with Gasteiger partial charge in [0.1, 0.15) is 19.3 Å². The van der Waals surface area contributed by atoms with Crippen LogP contribution in [0.3, 0.4) is 0 Å². The summed E-state index contributed by atoms with van der Waals surface area (Å²) in [5.74, 6) is -0.630. The van der Waals surface area contributed by atoms with Crippen molar-refractivity contribution in [1.29, 1.82) is 0 Å². The first-order valence-corrected chi connectivity index (χ1v) is 44.0. The molecule has 0 rings (SSSR count). The molecule has 17 nitrogen and oxygen atoms in total. The normalized spacial score (nSPS) is 14.2. The van der Waals surface area contributed by atoms with Gasteiger partial charge in [-0.1, -0.05) is 363 Å². The van der Waals surface area contributed by atoms with Gasteiger partial charge in [-0.15, -0.1) is 0 Å². The molecule has 0 bridgehead atoms. The van der Waals surface area contributed by atoms with Crippen molar-refractivity contribution in [2.45, 2.75) is 432 Å². The first-order valence-electron chi connectivity index (χ1n) is 41.0. The van der Waals surface area contributed by atoms with E-state index in [0.717, 1.165) is 108 Å². The second-order valence-corrected chi connectivity index (χ2v) is 32.1. The molecule has 0 spiro atoms. The number of esters is 4. The van der Waals surface area contributed by atoms with Gasteiger partial charge in [-0.2, -0.15) is 0 Å². The number of phosphoric acid groups is 2. The first kappa shape index (κ1) is 96.1. The van der Waals surface area contributed by atoms with Gasteiger partial charge in [-0.3, -0.25) is 37.3 Å². The number of unbranched alkanes of at least 4 members (excludes halogenated alkanes) is 47. The molecule has 6 atom stereocenters. The van der Waals surface area contributed by atoms with Crippen molar-refractivity contribution in [1.82, 2.24) is 0 Å². The van der Waals surface area contributed by atoms with Crippen LogP contribution in [0.2, 0.25) is 0 Å². The first-order chi connectivity index (χ1) is 47.4. The molecule has 0 aromatic carbocycles. The summed E-state index contributed by atoms with van der Waals surface area (Å²) in [6, 6.07) is 0. The van der Waals surface area contributed by atoms with Crippen LogP contribution in [0, 0.1) is 11.8 Å². The van der Waals surface area contributed by atoms with Gasteiger partial charge in [-0.25, -0.2) is 9.13 Å². The fraction of sp³-hybridized carbons (Fsp3) is 0.949. The van der Waals surface area contributed by atoms with Crippen LogP contribution in [0.25, 0.3) is 0 Å². The Bertz CT molecular complexity index is 1890. The number of aliphatic hydroxyl groups excluding tert-OH is 1. The molecule has 0 aliphatic rings. The number of aliphatic hydroxyl groups is 1. The smallest absolute Gasteiger partial charge is 0.462 e. The molecule has 0 aromatic rings. The molecule has 3 unspecified atom stereocenters. The monoisotopic (exact) mass is 1440 g/mol. The summed E-state index contributed by atoms with van der Waals surface area (Å²) in [4.78, 5) is 72.9. The van der Waals surface area contributed by atoms with Crippen LogP contribution in [0.1, 0.15) is 414 Å². The molecule has 0 fully saturated rings.